The summed E-state index contributed by atoms with van der Waals surface area (Å²) in [4.78, 5) is 14.5. The average Bonchev–Trinajstić information content (AvgIpc) is 3.51. The van der Waals surface area contributed by atoms with Gasteiger partial charge in [-0.1, -0.05) is 109 Å². The van der Waals surface area contributed by atoms with Crippen LogP contribution >= 0.6 is 0 Å². The molecule has 2 heterocycles. The molecule has 0 atom stereocenters. The highest BCUT2D eigenvalue weighted by atomic mass is 16.3. The van der Waals surface area contributed by atoms with Gasteiger partial charge in [-0.05, 0) is 69.1 Å². The van der Waals surface area contributed by atoms with Crippen LogP contribution < -0.4 is 0 Å². The van der Waals surface area contributed by atoms with E-state index >= 15 is 0 Å². The lowest BCUT2D eigenvalue weighted by Gasteiger charge is -2.10. The molecular formula is C42H24N4O. The van der Waals surface area contributed by atoms with Gasteiger partial charge >= 0.3 is 0 Å². The van der Waals surface area contributed by atoms with Crippen molar-refractivity contribution in [1.29, 1.82) is 5.26 Å². The molecular weight excluding hydrogens is 576 g/mol. The largest absolute Gasteiger partial charge is 0.456 e. The minimum Gasteiger partial charge on any atom is -0.456 e. The highest BCUT2D eigenvalue weighted by molar-refractivity contribution is 6.16. The summed E-state index contributed by atoms with van der Waals surface area (Å²) >= 11 is 0. The van der Waals surface area contributed by atoms with Crippen LogP contribution in [0.15, 0.2) is 150 Å². The van der Waals surface area contributed by atoms with Gasteiger partial charge in [0, 0.05) is 27.5 Å². The Morgan fingerprint density at radius 2 is 1.02 bits per heavy atom. The van der Waals surface area contributed by atoms with E-state index in [0.29, 0.717) is 23.0 Å². The van der Waals surface area contributed by atoms with Crippen molar-refractivity contribution >= 4 is 43.5 Å². The van der Waals surface area contributed by atoms with E-state index in [4.69, 9.17) is 19.4 Å². The Labute approximate surface area is 270 Å². The molecule has 2 aromatic heterocycles. The molecule has 0 radical (unpaired) electrons. The van der Waals surface area contributed by atoms with Gasteiger partial charge in [-0.25, -0.2) is 15.0 Å². The molecule has 0 saturated carbocycles. The minimum absolute atomic E-state index is 0.523. The molecule has 9 rings (SSSR count). The predicted octanol–water partition coefficient (Wildman–Crippen LogP) is 10.6. The molecule has 47 heavy (non-hydrogen) atoms. The quantitative estimate of drug-likeness (QED) is 0.188. The molecule has 0 fully saturated rings. The number of nitrogens with zero attached hydrogens (tertiary/aromatic N) is 4. The molecule has 218 valence electrons. The zero-order chi connectivity index (χ0) is 31.3. The van der Waals surface area contributed by atoms with Gasteiger partial charge in [-0.15, -0.1) is 0 Å². The van der Waals surface area contributed by atoms with Gasteiger partial charge in [0.2, 0.25) is 0 Å². The maximum Gasteiger partial charge on any atom is 0.164 e. The smallest absolute Gasteiger partial charge is 0.164 e. The zero-order valence-corrected chi connectivity index (χ0v) is 25.1. The van der Waals surface area contributed by atoms with E-state index in [1.54, 1.807) is 12.1 Å². The second-order valence-corrected chi connectivity index (χ2v) is 11.6. The van der Waals surface area contributed by atoms with Gasteiger partial charge in [0.25, 0.3) is 0 Å². The summed E-state index contributed by atoms with van der Waals surface area (Å²) in [5.41, 5.74) is 7.11. The maximum absolute atomic E-state index is 9.47. The first-order chi connectivity index (χ1) is 23.2. The summed E-state index contributed by atoms with van der Waals surface area (Å²) in [6.07, 6.45) is 0. The fourth-order valence-electron chi connectivity index (χ4n) is 6.34. The Morgan fingerprint density at radius 1 is 0.404 bits per heavy atom. The van der Waals surface area contributed by atoms with Crippen molar-refractivity contribution in [3.05, 3.63) is 151 Å². The number of rotatable bonds is 4. The van der Waals surface area contributed by atoms with Crippen LogP contribution in [0.25, 0.3) is 88.8 Å². The lowest BCUT2D eigenvalue weighted by Crippen LogP contribution is -2.00. The van der Waals surface area contributed by atoms with Crippen LogP contribution in [-0.4, -0.2) is 15.0 Å². The predicted molar refractivity (Wildman–Crippen MR) is 189 cm³/mol. The van der Waals surface area contributed by atoms with Gasteiger partial charge in [0.15, 0.2) is 17.5 Å². The van der Waals surface area contributed by atoms with Crippen LogP contribution in [0, 0.1) is 11.3 Å². The average molecular weight is 601 g/mol. The third kappa shape index (κ3) is 4.68. The molecule has 7 aromatic carbocycles. The minimum atomic E-state index is 0.523. The van der Waals surface area contributed by atoms with Crippen molar-refractivity contribution in [2.45, 2.75) is 0 Å². The van der Waals surface area contributed by atoms with E-state index < -0.39 is 0 Å². The van der Waals surface area contributed by atoms with Gasteiger partial charge in [0.1, 0.15) is 11.2 Å². The van der Waals surface area contributed by atoms with Crippen LogP contribution in [-0.2, 0) is 0 Å². The number of hydrogen-bond donors (Lipinski definition) is 0. The van der Waals surface area contributed by atoms with Crippen LogP contribution in [0.1, 0.15) is 5.56 Å². The number of benzene rings is 7. The highest BCUT2D eigenvalue weighted by Gasteiger charge is 2.14. The first-order valence-electron chi connectivity index (χ1n) is 15.4. The van der Waals surface area contributed by atoms with Gasteiger partial charge in [-0.3, -0.25) is 0 Å². The van der Waals surface area contributed by atoms with Crippen LogP contribution in [0.4, 0.5) is 0 Å². The molecule has 0 spiro atoms. The first-order valence-corrected chi connectivity index (χ1v) is 15.4. The van der Waals surface area contributed by atoms with Crippen LogP contribution in [0.2, 0.25) is 0 Å². The monoisotopic (exact) mass is 600 g/mol. The van der Waals surface area contributed by atoms with E-state index in [9.17, 15) is 5.26 Å². The topological polar surface area (TPSA) is 75.6 Å². The summed E-state index contributed by atoms with van der Waals surface area (Å²) in [6, 6.07) is 51.4. The number of hydrogen-bond acceptors (Lipinski definition) is 5. The Hall–Kier alpha value is -6.64. The molecule has 5 nitrogen and oxygen atoms in total. The molecule has 0 saturated heterocycles. The molecule has 0 unspecified atom stereocenters. The van der Waals surface area contributed by atoms with Gasteiger partial charge in [-0.2, -0.15) is 5.26 Å². The van der Waals surface area contributed by atoms with Crippen LogP contribution in [0.5, 0.6) is 0 Å². The maximum atomic E-state index is 9.47. The number of fused-ring (bicyclic) bond motifs is 6. The SMILES string of the molecule is N#Cc1cccc(-c2nc(-c3ccccc3)nc(-c3ccc(-c4ccc5ccc6cc7c(cc6c5c4)oc4ccccc47)cc3)n2)c1. The third-order valence-electron chi connectivity index (χ3n) is 8.73. The number of furan rings is 1. The van der Waals surface area contributed by atoms with E-state index in [-0.39, 0.29) is 0 Å². The van der Waals surface area contributed by atoms with Gasteiger partial charge < -0.3 is 4.42 Å². The Balaban J connectivity index is 1.13. The molecule has 0 N–H and O–H groups in total. The van der Waals surface area contributed by atoms with Crippen LogP contribution in [0.3, 0.4) is 0 Å². The summed E-state index contributed by atoms with van der Waals surface area (Å²) in [5.74, 6) is 1.68. The van der Waals surface area contributed by atoms with Crippen molar-refractivity contribution in [3.8, 4) is 51.4 Å². The number of nitriles is 1. The van der Waals surface area contributed by atoms with E-state index in [1.807, 2.05) is 54.6 Å². The highest BCUT2D eigenvalue weighted by Crippen LogP contribution is 2.36. The summed E-state index contributed by atoms with van der Waals surface area (Å²) in [7, 11) is 0. The summed E-state index contributed by atoms with van der Waals surface area (Å²) in [5, 5.41) is 16.4. The second-order valence-electron chi connectivity index (χ2n) is 11.6. The van der Waals surface area contributed by atoms with Crippen molar-refractivity contribution < 1.29 is 4.42 Å². The molecule has 0 amide bonds. The molecule has 0 aliphatic heterocycles. The molecule has 0 aliphatic carbocycles. The molecule has 0 bridgehead atoms. The molecule has 0 aliphatic rings. The van der Waals surface area contributed by atoms with Gasteiger partial charge in [0.05, 0.1) is 11.6 Å². The van der Waals surface area contributed by atoms with E-state index in [1.165, 1.54) is 21.5 Å². The summed E-state index contributed by atoms with van der Waals surface area (Å²) < 4.78 is 6.23. The third-order valence-corrected chi connectivity index (χ3v) is 8.73. The van der Waals surface area contributed by atoms with Crippen molar-refractivity contribution in [1.82, 2.24) is 15.0 Å². The lowest BCUT2D eigenvalue weighted by atomic mass is 9.96. The second kappa shape index (κ2) is 10.8. The standard InChI is InChI=1S/C42H24N4O/c43-25-26-7-6-10-33(21-26)42-45-40(29-8-2-1-3-9-29)44-41(46-42)30-17-13-27(14-18-30)31-19-15-28-16-20-32-23-37-34-11-4-5-12-38(34)47-39(37)24-36(32)35(28)22-31/h1-24H. The summed E-state index contributed by atoms with van der Waals surface area (Å²) in [6.45, 7) is 0. The first kappa shape index (κ1) is 26.7. The number of aromatic nitrogens is 3. The number of para-hydroxylation sites is 1. The van der Waals surface area contributed by atoms with Crippen molar-refractivity contribution in [2.75, 3.05) is 0 Å². The Kier molecular flexibility index (Phi) is 6.12. The zero-order valence-electron chi connectivity index (χ0n) is 25.1. The lowest BCUT2D eigenvalue weighted by molar-refractivity contribution is 0.669. The van der Waals surface area contributed by atoms with Crippen molar-refractivity contribution in [2.24, 2.45) is 0 Å². The molecule has 5 heteroatoms. The fourth-order valence-corrected chi connectivity index (χ4v) is 6.34. The molecule has 9 aromatic rings. The van der Waals surface area contributed by atoms with Crippen molar-refractivity contribution in [3.63, 3.8) is 0 Å². The Bertz CT molecular complexity index is 2690. The normalized spacial score (nSPS) is 11.4. The Morgan fingerprint density at radius 3 is 1.83 bits per heavy atom. The fraction of sp³-hybridized carbons (Fsp3) is 0. The van der Waals surface area contributed by atoms with E-state index in [0.717, 1.165) is 49.8 Å². The van der Waals surface area contributed by atoms with E-state index in [2.05, 4.69) is 84.9 Å².